The second-order valence-corrected chi connectivity index (χ2v) is 9.65. The fourth-order valence-electron chi connectivity index (χ4n) is 3.18. The topological polar surface area (TPSA) is 54.5 Å². The van der Waals surface area contributed by atoms with E-state index in [2.05, 4.69) is 0 Å². The van der Waals surface area contributed by atoms with Crippen molar-refractivity contribution in [3.8, 4) is 0 Å². The summed E-state index contributed by atoms with van der Waals surface area (Å²) in [5, 5.41) is 1.95. The third-order valence-corrected chi connectivity index (χ3v) is 7.31. The Balaban J connectivity index is 1.85. The molecule has 25 heavy (non-hydrogen) atoms. The molecule has 134 valence electrons. The van der Waals surface area contributed by atoms with Crippen LogP contribution in [0.25, 0.3) is 0 Å². The fraction of sp³-hybridized carbons (Fsp3) is 0.389. The number of hydrogen-bond acceptors (Lipinski definition) is 4. The van der Waals surface area contributed by atoms with Crippen LogP contribution in [0.4, 0.5) is 4.39 Å². The van der Waals surface area contributed by atoms with E-state index in [4.69, 9.17) is 0 Å². The molecule has 0 radical (unpaired) electrons. The van der Waals surface area contributed by atoms with Gasteiger partial charge in [-0.3, -0.25) is 4.79 Å². The first-order valence-corrected chi connectivity index (χ1v) is 10.8. The van der Waals surface area contributed by atoms with Gasteiger partial charge in [-0.25, -0.2) is 12.8 Å². The molecule has 7 heteroatoms. The Hall–Kier alpha value is -1.73. The Morgan fingerprint density at radius 3 is 2.60 bits per heavy atom. The van der Waals surface area contributed by atoms with Gasteiger partial charge in [-0.05, 0) is 42.0 Å². The van der Waals surface area contributed by atoms with Crippen molar-refractivity contribution in [2.75, 3.05) is 18.6 Å². The van der Waals surface area contributed by atoms with Crippen LogP contribution < -0.4 is 0 Å². The third-order valence-electron chi connectivity index (χ3n) is 4.66. The monoisotopic (exact) mass is 381 g/mol. The Bertz CT molecular complexity index is 832. The minimum Gasteiger partial charge on any atom is -0.341 e. The molecule has 0 saturated carbocycles. The minimum atomic E-state index is -3.06. The Labute approximate surface area is 151 Å². The van der Waals surface area contributed by atoms with Crippen LogP contribution >= 0.6 is 11.3 Å². The maximum absolute atomic E-state index is 13.3. The summed E-state index contributed by atoms with van der Waals surface area (Å²) in [6, 6.07) is 9.57. The fourth-order valence-corrected chi connectivity index (χ4v) is 5.71. The van der Waals surface area contributed by atoms with Crippen LogP contribution in [-0.2, 0) is 21.1 Å². The first-order chi connectivity index (χ1) is 11.9. The molecule has 0 N–H and O–H groups in total. The lowest BCUT2D eigenvalue weighted by Crippen LogP contribution is -2.41. The van der Waals surface area contributed by atoms with Gasteiger partial charge < -0.3 is 4.90 Å². The normalized spacial score (nSPS) is 20.3. The highest BCUT2D eigenvalue weighted by Gasteiger charge is 2.35. The lowest BCUT2D eigenvalue weighted by Gasteiger charge is -2.28. The summed E-state index contributed by atoms with van der Waals surface area (Å²) < 4.78 is 36.7. The van der Waals surface area contributed by atoms with E-state index >= 15 is 0 Å². The van der Waals surface area contributed by atoms with Gasteiger partial charge in [-0.2, -0.15) is 0 Å². The van der Waals surface area contributed by atoms with E-state index < -0.39 is 15.8 Å². The van der Waals surface area contributed by atoms with E-state index in [1.165, 1.54) is 12.1 Å². The molecule has 1 saturated heterocycles. The molecule has 1 aliphatic rings. The molecule has 0 bridgehead atoms. The molecule has 2 unspecified atom stereocenters. The van der Waals surface area contributed by atoms with Crippen molar-refractivity contribution in [1.29, 1.82) is 0 Å². The molecular formula is C18H20FNO3S2. The van der Waals surface area contributed by atoms with E-state index in [-0.39, 0.29) is 29.3 Å². The first-order valence-electron chi connectivity index (χ1n) is 8.10. The van der Waals surface area contributed by atoms with Gasteiger partial charge >= 0.3 is 0 Å². The van der Waals surface area contributed by atoms with Crippen molar-refractivity contribution >= 4 is 27.1 Å². The van der Waals surface area contributed by atoms with Crippen LogP contribution in [0.5, 0.6) is 0 Å². The lowest BCUT2D eigenvalue weighted by molar-refractivity contribution is -0.133. The van der Waals surface area contributed by atoms with Crippen LogP contribution in [0.3, 0.4) is 0 Å². The zero-order chi connectivity index (χ0) is 18.0. The van der Waals surface area contributed by atoms with Crippen molar-refractivity contribution < 1.29 is 17.6 Å². The SMILES string of the molecule is CN(C(=O)C(Cc1cccs1)c1ccc(F)cc1)C1CCS(=O)(=O)C1. The molecule has 2 heterocycles. The maximum atomic E-state index is 13.3. The molecular weight excluding hydrogens is 361 g/mol. The standard InChI is InChI=1S/C18H20FNO3S2/c1-20(15-8-10-25(22,23)12-15)18(21)17(11-16-3-2-9-24-16)13-4-6-14(19)7-5-13/h2-7,9,15,17H,8,10-12H2,1H3. The molecule has 0 aliphatic carbocycles. The molecule has 1 fully saturated rings. The number of carbonyl (C=O) groups excluding carboxylic acids is 1. The van der Waals surface area contributed by atoms with Crippen LogP contribution in [0.15, 0.2) is 41.8 Å². The van der Waals surface area contributed by atoms with Gasteiger partial charge in [0.25, 0.3) is 0 Å². The Morgan fingerprint density at radius 1 is 1.32 bits per heavy atom. The van der Waals surface area contributed by atoms with E-state index in [9.17, 15) is 17.6 Å². The van der Waals surface area contributed by atoms with Crippen LogP contribution in [0, 0.1) is 5.82 Å². The van der Waals surface area contributed by atoms with E-state index in [1.807, 2.05) is 17.5 Å². The van der Waals surface area contributed by atoms with Crippen LogP contribution in [0.2, 0.25) is 0 Å². The van der Waals surface area contributed by atoms with Crippen LogP contribution in [-0.4, -0.2) is 43.8 Å². The van der Waals surface area contributed by atoms with Crippen molar-refractivity contribution in [2.24, 2.45) is 0 Å². The van der Waals surface area contributed by atoms with Crippen molar-refractivity contribution in [3.05, 3.63) is 58.0 Å². The number of nitrogens with zero attached hydrogens (tertiary/aromatic N) is 1. The molecule has 2 aromatic rings. The van der Waals surface area contributed by atoms with E-state index in [0.717, 1.165) is 10.4 Å². The van der Waals surface area contributed by atoms with E-state index in [1.54, 1.807) is 35.4 Å². The van der Waals surface area contributed by atoms with Gasteiger partial charge in [0.2, 0.25) is 5.91 Å². The van der Waals surface area contributed by atoms with E-state index in [0.29, 0.717) is 12.8 Å². The highest BCUT2D eigenvalue weighted by Crippen LogP contribution is 2.28. The number of benzene rings is 1. The van der Waals surface area contributed by atoms with Gasteiger partial charge in [0.05, 0.1) is 17.4 Å². The average Bonchev–Trinajstić information content (AvgIpc) is 3.21. The zero-order valence-corrected chi connectivity index (χ0v) is 15.5. The highest BCUT2D eigenvalue weighted by molar-refractivity contribution is 7.91. The molecule has 1 amide bonds. The molecule has 1 aromatic heterocycles. The zero-order valence-electron chi connectivity index (χ0n) is 13.9. The van der Waals surface area contributed by atoms with Gasteiger partial charge in [-0.1, -0.05) is 18.2 Å². The number of carbonyl (C=O) groups is 1. The summed E-state index contributed by atoms with van der Waals surface area (Å²) in [4.78, 5) is 15.7. The number of thiophene rings is 1. The second-order valence-electron chi connectivity index (χ2n) is 6.39. The summed E-state index contributed by atoms with van der Waals surface area (Å²) in [7, 11) is -1.40. The first kappa shape index (κ1) is 18.1. The van der Waals surface area contributed by atoms with Crippen molar-refractivity contribution in [2.45, 2.75) is 24.8 Å². The predicted octanol–water partition coefficient (Wildman–Crippen LogP) is 2.86. The minimum absolute atomic E-state index is 0.0182. The smallest absolute Gasteiger partial charge is 0.230 e. The predicted molar refractivity (Wildman–Crippen MR) is 97.0 cm³/mol. The lowest BCUT2D eigenvalue weighted by atomic mass is 9.93. The number of hydrogen-bond donors (Lipinski definition) is 0. The quantitative estimate of drug-likeness (QED) is 0.800. The molecule has 2 atom stereocenters. The summed E-state index contributed by atoms with van der Waals surface area (Å²) in [5.41, 5.74) is 0.743. The molecule has 3 rings (SSSR count). The summed E-state index contributed by atoms with van der Waals surface area (Å²) in [5.74, 6) is -0.776. The molecule has 1 aromatic carbocycles. The second kappa shape index (κ2) is 7.25. The third kappa shape index (κ3) is 4.27. The number of amides is 1. The summed E-state index contributed by atoms with van der Waals surface area (Å²) in [6.45, 7) is 0. The van der Waals surface area contributed by atoms with Crippen LogP contribution in [0.1, 0.15) is 22.8 Å². The van der Waals surface area contributed by atoms with Gasteiger partial charge in [0, 0.05) is 18.0 Å². The van der Waals surface area contributed by atoms with Crippen molar-refractivity contribution in [3.63, 3.8) is 0 Å². The van der Waals surface area contributed by atoms with Gasteiger partial charge in [0.1, 0.15) is 5.82 Å². The molecule has 4 nitrogen and oxygen atoms in total. The summed E-state index contributed by atoms with van der Waals surface area (Å²) in [6.07, 6.45) is 0.992. The van der Waals surface area contributed by atoms with Gasteiger partial charge in [0.15, 0.2) is 9.84 Å². The largest absolute Gasteiger partial charge is 0.341 e. The Kier molecular flexibility index (Phi) is 5.24. The average molecular weight is 381 g/mol. The number of likely N-dealkylation sites (N-methyl/N-ethyl adjacent to an activating group) is 1. The molecule has 0 spiro atoms. The maximum Gasteiger partial charge on any atom is 0.230 e. The highest BCUT2D eigenvalue weighted by atomic mass is 32.2. The number of sulfone groups is 1. The number of halogens is 1. The van der Waals surface area contributed by atoms with Gasteiger partial charge in [-0.15, -0.1) is 11.3 Å². The van der Waals surface area contributed by atoms with Crippen molar-refractivity contribution in [1.82, 2.24) is 4.90 Å². The molecule has 1 aliphatic heterocycles. The Morgan fingerprint density at radius 2 is 2.04 bits per heavy atom. The number of rotatable bonds is 5. The summed E-state index contributed by atoms with van der Waals surface area (Å²) >= 11 is 1.57.